The summed E-state index contributed by atoms with van der Waals surface area (Å²) in [6, 6.07) is 11.5. The largest absolute Gasteiger partial charge is 0.497 e. The number of rotatable bonds is 9. The lowest BCUT2D eigenvalue weighted by Crippen LogP contribution is -2.30. The van der Waals surface area contributed by atoms with Crippen molar-refractivity contribution in [2.75, 3.05) is 19.5 Å². The summed E-state index contributed by atoms with van der Waals surface area (Å²) in [7, 11) is -0.639. The van der Waals surface area contributed by atoms with E-state index < -0.39 is 15.3 Å². The lowest BCUT2D eigenvalue weighted by molar-refractivity contribution is -0.115. The van der Waals surface area contributed by atoms with E-state index in [2.05, 4.69) is 10.0 Å². The Morgan fingerprint density at radius 3 is 2.21 bits per heavy atom. The van der Waals surface area contributed by atoms with Crippen LogP contribution in [-0.2, 0) is 14.8 Å². The molecule has 0 aromatic heterocycles. The lowest BCUT2D eigenvalue weighted by atomic mass is 10.3. The van der Waals surface area contributed by atoms with Crippen LogP contribution in [-0.4, -0.2) is 39.8 Å². The fourth-order valence-corrected chi connectivity index (χ4v) is 4.62. The first-order valence-electron chi connectivity index (χ1n) is 8.98. The number of benzene rings is 2. The standard InChI is InChI=1S/C20H26N2O5S2/c1-13(2)22-29(24,25)17-10-11-19(27-5)18(12-17)21-20(23)14(3)28-16-8-6-15(26-4)7-9-16/h6-14,22H,1-5H3,(H,21,23)/t14-/m0/s1. The molecule has 2 aromatic carbocycles. The third-order valence-electron chi connectivity index (χ3n) is 3.87. The molecular formula is C20H26N2O5S2. The lowest BCUT2D eigenvalue weighted by Gasteiger charge is -2.16. The third kappa shape index (κ3) is 6.38. The van der Waals surface area contributed by atoms with Gasteiger partial charge in [-0.25, -0.2) is 13.1 Å². The number of hydrogen-bond acceptors (Lipinski definition) is 6. The summed E-state index contributed by atoms with van der Waals surface area (Å²) >= 11 is 1.38. The van der Waals surface area contributed by atoms with Crippen molar-refractivity contribution < 1.29 is 22.7 Å². The molecule has 0 radical (unpaired) electrons. The number of nitrogens with one attached hydrogen (secondary N) is 2. The highest BCUT2D eigenvalue weighted by molar-refractivity contribution is 8.00. The number of carbonyl (C=O) groups excluding carboxylic acids is 1. The van der Waals surface area contributed by atoms with Crippen LogP contribution in [0.4, 0.5) is 5.69 Å². The zero-order chi connectivity index (χ0) is 21.6. The Labute approximate surface area is 176 Å². The molecule has 0 spiro atoms. The van der Waals surface area contributed by atoms with Crippen molar-refractivity contribution in [2.45, 2.75) is 41.9 Å². The number of hydrogen-bond donors (Lipinski definition) is 2. The maximum atomic E-state index is 12.7. The number of methoxy groups -OCH3 is 2. The third-order valence-corrected chi connectivity index (χ3v) is 6.64. The number of thioether (sulfide) groups is 1. The zero-order valence-electron chi connectivity index (χ0n) is 17.1. The Bertz CT molecular complexity index is 944. The van der Waals surface area contributed by atoms with Gasteiger partial charge in [0.15, 0.2) is 0 Å². The first-order valence-corrected chi connectivity index (χ1v) is 11.3. The summed E-state index contributed by atoms with van der Waals surface area (Å²) < 4.78 is 37.8. The number of carbonyl (C=O) groups is 1. The SMILES string of the molecule is COc1ccc(S[C@@H](C)C(=O)Nc2cc(S(=O)(=O)NC(C)C)ccc2OC)cc1. The van der Waals surface area contributed by atoms with Crippen LogP contribution in [0.5, 0.6) is 11.5 Å². The predicted molar refractivity (Wildman–Crippen MR) is 115 cm³/mol. The molecule has 2 aromatic rings. The van der Waals surface area contributed by atoms with E-state index in [0.29, 0.717) is 11.4 Å². The number of ether oxygens (including phenoxy) is 2. The van der Waals surface area contributed by atoms with Crippen LogP contribution >= 0.6 is 11.8 Å². The Morgan fingerprint density at radius 1 is 1.00 bits per heavy atom. The van der Waals surface area contributed by atoms with Gasteiger partial charge in [0.1, 0.15) is 11.5 Å². The fraction of sp³-hybridized carbons (Fsp3) is 0.350. The molecule has 9 heteroatoms. The Morgan fingerprint density at radius 2 is 1.66 bits per heavy atom. The number of amides is 1. The van der Waals surface area contributed by atoms with Crippen molar-refractivity contribution in [2.24, 2.45) is 0 Å². The van der Waals surface area contributed by atoms with E-state index in [1.54, 1.807) is 27.9 Å². The first kappa shape index (κ1) is 23.1. The molecule has 0 saturated carbocycles. The molecule has 2 rings (SSSR count). The highest BCUT2D eigenvalue weighted by atomic mass is 32.2. The van der Waals surface area contributed by atoms with E-state index in [1.807, 2.05) is 24.3 Å². The van der Waals surface area contributed by atoms with Crippen LogP contribution in [0, 0.1) is 0 Å². The summed E-state index contributed by atoms with van der Waals surface area (Å²) in [5, 5.41) is 2.35. The van der Waals surface area contributed by atoms with Gasteiger partial charge in [-0.15, -0.1) is 11.8 Å². The van der Waals surface area contributed by atoms with Crippen LogP contribution in [0.1, 0.15) is 20.8 Å². The molecule has 0 unspecified atom stereocenters. The number of sulfonamides is 1. The van der Waals surface area contributed by atoms with Crippen molar-refractivity contribution in [1.82, 2.24) is 4.72 Å². The van der Waals surface area contributed by atoms with Crippen LogP contribution in [0.25, 0.3) is 0 Å². The molecule has 0 saturated heterocycles. The van der Waals surface area contributed by atoms with Crippen molar-refractivity contribution in [3.8, 4) is 11.5 Å². The molecular weight excluding hydrogens is 412 g/mol. The predicted octanol–water partition coefficient (Wildman–Crippen LogP) is 3.51. The number of anilines is 1. The van der Waals surface area contributed by atoms with Gasteiger partial charge in [-0.3, -0.25) is 4.79 Å². The Hall–Kier alpha value is -2.23. The van der Waals surface area contributed by atoms with Crippen LogP contribution in [0.3, 0.4) is 0 Å². The van der Waals surface area contributed by atoms with Crippen LogP contribution < -0.4 is 19.5 Å². The van der Waals surface area contributed by atoms with Gasteiger partial charge in [0.25, 0.3) is 0 Å². The van der Waals surface area contributed by atoms with Gasteiger partial charge in [0.05, 0.1) is 30.1 Å². The minimum absolute atomic E-state index is 0.0535. The van der Waals surface area contributed by atoms with E-state index in [-0.39, 0.29) is 16.8 Å². The van der Waals surface area contributed by atoms with Gasteiger partial charge in [-0.1, -0.05) is 0 Å². The molecule has 1 amide bonds. The Balaban J connectivity index is 2.17. The molecule has 2 N–H and O–H groups in total. The van der Waals surface area contributed by atoms with Gasteiger partial charge in [-0.2, -0.15) is 0 Å². The quantitative estimate of drug-likeness (QED) is 0.582. The molecule has 1 atom stereocenters. The zero-order valence-corrected chi connectivity index (χ0v) is 18.7. The summed E-state index contributed by atoms with van der Waals surface area (Å²) in [6.07, 6.45) is 0. The van der Waals surface area contributed by atoms with Gasteiger partial charge >= 0.3 is 0 Å². The van der Waals surface area contributed by atoms with Crippen molar-refractivity contribution in [3.63, 3.8) is 0 Å². The van der Waals surface area contributed by atoms with Crippen LogP contribution in [0.2, 0.25) is 0 Å². The van der Waals surface area contributed by atoms with Crippen LogP contribution in [0.15, 0.2) is 52.3 Å². The monoisotopic (exact) mass is 438 g/mol. The molecule has 0 aliphatic carbocycles. The topological polar surface area (TPSA) is 93.7 Å². The molecule has 0 bridgehead atoms. The maximum absolute atomic E-state index is 12.7. The summed E-state index contributed by atoms with van der Waals surface area (Å²) in [5.74, 6) is 0.850. The maximum Gasteiger partial charge on any atom is 0.240 e. The van der Waals surface area contributed by atoms with E-state index in [9.17, 15) is 13.2 Å². The minimum atomic E-state index is -3.69. The molecule has 7 nitrogen and oxygen atoms in total. The smallest absolute Gasteiger partial charge is 0.240 e. The average molecular weight is 439 g/mol. The first-order chi connectivity index (χ1) is 13.7. The second kappa shape index (κ2) is 10.00. The molecule has 0 aliphatic heterocycles. The molecule has 158 valence electrons. The van der Waals surface area contributed by atoms with E-state index >= 15 is 0 Å². The summed E-state index contributed by atoms with van der Waals surface area (Å²) in [5.41, 5.74) is 0.298. The van der Waals surface area contributed by atoms with Gasteiger partial charge in [0.2, 0.25) is 15.9 Å². The molecule has 29 heavy (non-hydrogen) atoms. The Kier molecular flexibility index (Phi) is 7.95. The second-order valence-corrected chi connectivity index (χ2v) is 9.69. The fourth-order valence-electron chi connectivity index (χ4n) is 2.48. The van der Waals surface area contributed by atoms with E-state index in [0.717, 1.165) is 10.6 Å². The second-order valence-electron chi connectivity index (χ2n) is 6.56. The highest BCUT2D eigenvalue weighted by Crippen LogP contribution is 2.30. The summed E-state index contributed by atoms with van der Waals surface area (Å²) in [4.78, 5) is 13.6. The molecule has 0 aliphatic rings. The molecule has 0 fully saturated rings. The van der Waals surface area contributed by atoms with Crippen molar-refractivity contribution in [3.05, 3.63) is 42.5 Å². The van der Waals surface area contributed by atoms with E-state index in [1.165, 1.54) is 37.1 Å². The van der Waals surface area contributed by atoms with Crippen molar-refractivity contribution in [1.29, 1.82) is 0 Å². The van der Waals surface area contributed by atoms with Gasteiger partial charge < -0.3 is 14.8 Å². The normalized spacial score (nSPS) is 12.5. The summed E-state index contributed by atoms with van der Waals surface area (Å²) in [6.45, 7) is 5.25. The van der Waals surface area contributed by atoms with Crippen molar-refractivity contribution >= 4 is 33.4 Å². The highest BCUT2D eigenvalue weighted by Gasteiger charge is 2.20. The average Bonchev–Trinajstić information content (AvgIpc) is 2.67. The van der Waals surface area contributed by atoms with Gasteiger partial charge in [0, 0.05) is 10.9 Å². The van der Waals surface area contributed by atoms with E-state index in [4.69, 9.17) is 9.47 Å². The molecule has 0 heterocycles. The minimum Gasteiger partial charge on any atom is -0.497 e. The van der Waals surface area contributed by atoms with Gasteiger partial charge in [-0.05, 0) is 63.2 Å².